The fraction of sp³-hybridized carbons (Fsp3) is 0.250. The van der Waals surface area contributed by atoms with Crippen LogP contribution < -0.4 is 0 Å². The quantitative estimate of drug-likeness (QED) is 0.560. The van der Waals surface area contributed by atoms with Gasteiger partial charge in [0.05, 0.1) is 0 Å². The summed E-state index contributed by atoms with van der Waals surface area (Å²) < 4.78 is 1.89. The number of nitrogens with zero attached hydrogens (tertiary/aromatic N) is 1. The molecular formula is C8H8NO2+. The zero-order valence-electron chi connectivity index (χ0n) is 5.95. The number of carboxylic acids is 1. The first kappa shape index (κ1) is 6.34. The highest BCUT2D eigenvalue weighted by Gasteiger charge is 2.29. The first-order valence-corrected chi connectivity index (χ1v) is 3.55. The zero-order valence-corrected chi connectivity index (χ0v) is 5.95. The van der Waals surface area contributed by atoms with Gasteiger partial charge in [0.15, 0.2) is 12.4 Å². The Balaban J connectivity index is 2.48. The molecular weight excluding hydrogens is 142 g/mol. The maximum Gasteiger partial charge on any atom is 0.342 e. The average molecular weight is 150 g/mol. The summed E-state index contributed by atoms with van der Waals surface area (Å²) in [5.74, 6) is -0.825. The van der Waals surface area contributed by atoms with Crippen LogP contribution in [0.5, 0.6) is 0 Å². The molecule has 0 aromatic heterocycles. The van der Waals surface area contributed by atoms with Crippen molar-refractivity contribution in [2.75, 3.05) is 0 Å². The van der Waals surface area contributed by atoms with Crippen LogP contribution in [0.3, 0.4) is 0 Å². The van der Waals surface area contributed by atoms with E-state index in [1.165, 1.54) is 0 Å². The van der Waals surface area contributed by atoms with Gasteiger partial charge in [0.25, 0.3) is 0 Å². The van der Waals surface area contributed by atoms with Crippen molar-refractivity contribution in [2.45, 2.75) is 12.8 Å². The molecule has 11 heavy (non-hydrogen) atoms. The highest BCUT2D eigenvalue weighted by atomic mass is 16.4. The highest BCUT2D eigenvalue weighted by molar-refractivity contribution is 5.91. The molecule has 2 rings (SSSR count). The maximum absolute atomic E-state index is 10.6. The van der Waals surface area contributed by atoms with Crippen molar-refractivity contribution in [2.24, 2.45) is 0 Å². The SMILES string of the molecule is O=C(O)C1=C2CCC=[N+]2C=C1. The Morgan fingerprint density at radius 2 is 2.45 bits per heavy atom. The number of fused-ring (bicyclic) bond motifs is 1. The Labute approximate surface area is 64.0 Å². The molecule has 0 aromatic rings. The van der Waals surface area contributed by atoms with Crippen molar-refractivity contribution in [3.63, 3.8) is 0 Å². The minimum absolute atomic E-state index is 0.443. The number of hydrogen-bond acceptors (Lipinski definition) is 1. The van der Waals surface area contributed by atoms with Crippen molar-refractivity contribution in [3.05, 3.63) is 23.5 Å². The van der Waals surface area contributed by atoms with Crippen LogP contribution in [-0.2, 0) is 4.79 Å². The van der Waals surface area contributed by atoms with Crippen LogP contribution in [-0.4, -0.2) is 21.9 Å². The molecule has 0 aromatic carbocycles. The van der Waals surface area contributed by atoms with Gasteiger partial charge < -0.3 is 5.11 Å². The molecule has 0 aliphatic carbocycles. The van der Waals surface area contributed by atoms with Crippen LogP contribution >= 0.6 is 0 Å². The fourth-order valence-corrected chi connectivity index (χ4v) is 1.45. The molecule has 2 heterocycles. The van der Waals surface area contributed by atoms with E-state index in [4.69, 9.17) is 5.11 Å². The van der Waals surface area contributed by atoms with Crippen LogP contribution in [0.2, 0.25) is 0 Å². The van der Waals surface area contributed by atoms with Crippen LogP contribution in [0.1, 0.15) is 12.8 Å². The van der Waals surface area contributed by atoms with Crippen LogP contribution in [0.4, 0.5) is 0 Å². The number of rotatable bonds is 1. The predicted molar refractivity (Wildman–Crippen MR) is 39.4 cm³/mol. The molecule has 0 amide bonds. The molecule has 0 fully saturated rings. The van der Waals surface area contributed by atoms with Crippen molar-refractivity contribution in [3.8, 4) is 0 Å². The molecule has 0 unspecified atom stereocenters. The van der Waals surface area contributed by atoms with E-state index in [0.29, 0.717) is 5.57 Å². The van der Waals surface area contributed by atoms with Gasteiger partial charge in [0.1, 0.15) is 5.57 Å². The summed E-state index contributed by atoms with van der Waals surface area (Å²) in [7, 11) is 0. The maximum atomic E-state index is 10.6. The van der Waals surface area contributed by atoms with E-state index in [0.717, 1.165) is 18.5 Å². The number of aliphatic carboxylic acids is 1. The lowest BCUT2D eigenvalue weighted by Crippen LogP contribution is -2.01. The van der Waals surface area contributed by atoms with Crippen molar-refractivity contribution in [1.82, 2.24) is 0 Å². The molecule has 0 bridgehead atoms. The predicted octanol–water partition coefficient (Wildman–Crippen LogP) is 0.730. The Morgan fingerprint density at radius 3 is 3.18 bits per heavy atom. The molecule has 3 heteroatoms. The van der Waals surface area contributed by atoms with Gasteiger partial charge in [0.2, 0.25) is 5.70 Å². The lowest BCUT2D eigenvalue weighted by Gasteiger charge is -1.89. The molecule has 56 valence electrons. The third-order valence-corrected chi connectivity index (χ3v) is 1.96. The van der Waals surface area contributed by atoms with E-state index < -0.39 is 5.97 Å². The lowest BCUT2D eigenvalue weighted by molar-refractivity contribution is -0.386. The first-order valence-electron chi connectivity index (χ1n) is 3.55. The zero-order chi connectivity index (χ0) is 7.84. The summed E-state index contributed by atoms with van der Waals surface area (Å²) in [6.45, 7) is 0. The Morgan fingerprint density at radius 1 is 1.64 bits per heavy atom. The smallest absolute Gasteiger partial charge is 0.342 e. The topological polar surface area (TPSA) is 40.3 Å². The molecule has 1 N–H and O–H groups in total. The number of allylic oxidation sites excluding steroid dienone is 1. The van der Waals surface area contributed by atoms with E-state index in [9.17, 15) is 4.79 Å². The van der Waals surface area contributed by atoms with Crippen LogP contribution in [0, 0.1) is 0 Å². The summed E-state index contributed by atoms with van der Waals surface area (Å²) in [5, 5.41) is 8.71. The van der Waals surface area contributed by atoms with Gasteiger partial charge in [-0.15, -0.1) is 0 Å². The molecule has 0 atom stereocenters. The third kappa shape index (κ3) is 0.808. The molecule has 0 spiro atoms. The minimum Gasteiger partial charge on any atom is -0.477 e. The molecule has 0 saturated carbocycles. The molecule has 2 aliphatic heterocycles. The summed E-state index contributed by atoms with van der Waals surface area (Å²) in [6.07, 6.45) is 7.26. The van der Waals surface area contributed by atoms with Crippen molar-refractivity contribution in [1.29, 1.82) is 0 Å². The second-order valence-electron chi connectivity index (χ2n) is 2.61. The third-order valence-electron chi connectivity index (χ3n) is 1.96. The van der Waals surface area contributed by atoms with Gasteiger partial charge in [-0.25, -0.2) is 4.79 Å². The standard InChI is InChI=1S/C8H7NO2/c10-8(11)6-3-5-9-4-1-2-7(6)9/h3-5H,1-2H2/p+1. The Bertz CT molecular complexity index is 310. The number of carbonyl (C=O) groups is 1. The van der Waals surface area contributed by atoms with Crippen LogP contribution in [0.15, 0.2) is 23.5 Å². The van der Waals surface area contributed by atoms with Gasteiger partial charge in [-0.1, -0.05) is 0 Å². The van der Waals surface area contributed by atoms with E-state index in [2.05, 4.69) is 0 Å². The summed E-state index contributed by atoms with van der Waals surface area (Å²) in [5.41, 5.74) is 1.37. The normalized spacial score (nSPS) is 20.5. The van der Waals surface area contributed by atoms with E-state index >= 15 is 0 Å². The largest absolute Gasteiger partial charge is 0.477 e. The molecule has 3 nitrogen and oxygen atoms in total. The monoisotopic (exact) mass is 150 g/mol. The summed E-state index contributed by atoms with van der Waals surface area (Å²) in [6, 6.07) is 0. The van der Waals surface area contributed by atoms with Gasteiger partial charge >= 0.3 is 5.97 Å². The minimum atomic E-state index is -0.825. The summed E-state index contributed by atoms with van der Waals surface area (Å²) >= 11 is 0. The van der Waals surface area contributed by atoms with Crippen LogP contribution in [0.25, 0.3) is 0 Å². The average Bonchev–Trinajstić information content (AvgIpc) is 2.41. The van der Waals surface area contributed by atoms with Gasteiger partial charge in [-0.3, -0.25) is 0 Å². The van der Waals surface area contributed by atoms with Gasteiger partial charge in [-0.2, -0.15) is 4.58 Å². The molecule has 2 aliphatic rings. The fourth-order valence-electron chi connectivity index (χ4n) is 1.45. The van der Waals surface area contributed by atoms with Gasteiger partial charge in [-0.05, 0) is 0 Å². The van der Waals surface area contributed by atoms with Crippen molar-refractivity contribution < 1.29 is 14.5 Å². The lowest BCUT2D eigenvalue weighted by atomic mass is 10.2. The number of hydrogen-bond donors (Lipinski definition) is 1. The van der Waals surface area contributed by atoms with E-state index in [1.54, 1.807) is 12.3 Å². The first-order chi connectivity index (χ1) is 5.29. The highest BCUT2D eigenvalue weighted by Crippen LogP contribution is 2.23. The van der Waals surface area contributed by atoms with Gasteiger partial charge in [0, 0.05) is 18.9 Å². The van der Waals surface area contributed by atoms with E-state index in [-0.39, 0.29) is 0 Å². The Hall–Kier alpha value is -1.38. The Kier molecular flexibility index (Phi) is 1.18. The molecule has 0 radical (unpaired) electrons. The van der Waals surface area contributed by atoms with E-state index in [1.807, 2.05) is 10.8 Å². The summed E-state index contributed by atoms with van der Waals surface area (Å²) in [4.78, 5) is 10.6. The molecule has 0 saturated heterocycles. The number of carboxylic acid groups (broad SMARTS) is 1. The second-order valence-corrected chi connectivity index (χ2v) is 2.61. The van der Waals surface area contributed by atoms with Crippen molar-refractivity contribution >= 4 is 12.2 Å². The second kappa shape index (κ2) is 2.05.